The Labute approximate surface area is 140 Å². The van der Waals surface area contributed by atoms with Gasteiger partial charge in [0.15, 0.2) is 0 Å². The second-order valence-electron chi connectivity index (χ2n) is 6.61. The van der Waals surface area contributed by atoms with Gasteiger partial charge in [-0.3, -0.25) is 0 Å². The van der Waals surface area contributed by atoms with Gasteiger partial charge in [-0.25, -0.2) is 8.42 Å². The average Bonchev–Trinajstić information content (AvgIpc) is 3.25. The van der Waals surface area contributed by atoms with Crippen LogP contribution in [-0.2, 0) is 28.5 Å². The van der Waals surface area contributed by atoms with Crippen LogP contribution in [0, 0.1) is 0 Å². The second-order valence-corrected chi connectivity index (χ2v) is 8.55. The average molecular weight is 348 g/mol. The molecule has 0 amide bonds. The van der Waals surface area contributed by atoms with Gasteiger partial charge in [-0.2, -0.15) is 19.7 Å². The number of aliphatic hydroxyl groups is 1. The van der Waals surface area contributed by atoms with Crippen LogP contribution in [0.4, 0.5) is 0 Å². The first-order valence-electron chi connectivity index (χ1n) is 8.20. The van der Waals surface area contributed by atoms with Crippen LogP contribution in [0.25, 0.3) is 0 Å². The summed E-state index contributed by atoms with van der Waals surface area (Å²) in [6.07, 6.45) is 5.97. The number of hydrogen-bond donors (Lipinski definition) is 2. The van der Waals surface area contributed by atoms with Crippen LogP contribution in [0.2, 0.25) is 0 Å². The maximum Gasteiger partial charge on any atom is 0.243 e. The molecule has 2 heterocycles. The highest BCUT2D eigenvalue weighted by atomic mass is 32.2. The Bertz CT molecular complexity index is 850. The quantitative estimate of drug-likeness (QED) is 0.861. The molecule has 2 aromatic rings. The van der Waals surface area contributed by atoms with Crippen LogP contribution in [0.15, 0.2) is 29.3 Å². The summed E-state index contributed by atoms with van der Waals surface area (Å²) >= 11 is 0. The van der Waals surface area contributed by atoms with E-state index in [1.54, 1.807) is 12.1 Å². The fourth-order valence-electron chi connectivity index (χ4n) is 3.62. The molecule has 0 radical (unpaired) electrons. The Morgan fingerprint density at radius 3 is 2.75 bits per heavy atom. The van der Waals surface area contributed by atoms with Crippen molar-refractivity contribution in [2.75, 3.05) is 13.1 Å². The molecule has 2 aliphatic rings. The number of H-pyrrole nitrogens is 1. The van der Waals surface area contributed by atoms with Gasteiger partial charge < -0.3 is 5.11 Å². The number of rotatable bonds is 3. The number of fused-ring (bicyclic) bond motifs is 1. The Morgan fingerprint density at radius 1 is 1.21 bits per heavy atom. The predicted molar refractivity (Wildman–Crippen MR) is 86.7 cm³/mol. The van der Waals surface area contributed by atoms with Gasteiger partial charge >= 0.3 is 0 Å². The zero-order valence-corrected chi connectivity index (χ0v) is 14.1. The summed E-state index contributed by atoms with van der Waals surface area (Å²) in [5.41, 5.74) is 1.48. The van der Waals surface area contributed by atoms with Crippen molar-refractivity contribution in [1.82, 2.24) is 19.7 Å². The van der Waals surface area contributed by atoms with Crippen molar-refractivity contribution in [3.63, 3.8) is 0 Å². The third kappa shape index (κ3) is 2.54. The summed E-state index contributed by atoms with van der Waals surface area (Å²) in [6, 6.07) is 5.42. The van der Waals surface area contributed by atoms with Crippen LogP contribution < -0.4 is 0 Å². The van der Waals surface area contributed by atoms with Crippen LogP contribution >= 0.6 is 0 Å². The van der Waals surface area contributed by atoms with Gasteiger partial charge in [0.25, 0.3) is 0 Å². The molecule has 1 aromatic heterocycles. The van der Waals surface area contributed by atoms with E-state index in [0.717, 1.165) is 31.2 Å². The van der Waals surface area contributed by atoms with Gasteiger partial charge in [-0.15, -0.1) is 0 Å². The standard InChI is InChI=1S/C16H20N4O3S/c21-16(15-10-17-19-18-15)7-8-20(11-16)24(22,23)14-6-5-12-3-1-2-4-13(12)9-14/h5-6,9-10,21H,1-4,7-8,11H2,(H,17,18,19)/t16-/m1/s1. The monoisotopic (exact) mass is 348 g/mol. The first kappa shape index (κ1) is 15.7. The molecule has 24 heavy (non-hydrogen) atoms. The lowest BCUT2D eigenvalue weighted by Gasteiger charge is -2.22. The normalized spacial score (nSPS) is 24.9. The highest BCUT2D eigenvalue weighted by Crippen LogP contribution is 2.34. The third-order valence-corrected chi connectivity index (χ3v) is 6.90. The highest BCUT2D eigenvalue weighted by Gasteiger charge is 2.44. The zero-order chi connectivity index (χ0) is 16.8. The number of β-amino-alcohol motifs (C(OH)–C–C–N with tert-alkyl or cyclic N) is 1. The molecule has 7 nitrogen and oxygen atoms in total. The van der Waals surface area contributed by atoms with Gasteiger partial charge in [-0.05, 0) is 55.4 Å². The minimum Gasteiger partial charge on any atom is -0.382 e. The van der Waals surface area contributed by atoms with Crippen molar-refractivity contribution in [2.45, 2.75) is 42.6 Å². The first-order chi connectivity index (χ1) is 11.5. The fourth-order valence-corrected chi connectivity index (χ4v) is 5.16. The Balaban J connectivity index is 1.62. The molecule has 2 N–H and O–H groups in total. The van der Waals surface area contributed by atoms with Crippen LogP contribution in [0.5, 0.6) is 0 Å². The predicted octanol–water partition coefficient (Wildman–Crippen LogP) is 0.966. The summed E-state index contributed by atoms with van der Waals surface area (Å²) in [5.74, 6) is 0. The van der Waals surface area contributed by atoms with E-state index in [9.17, 15) is 13.5 Å². The number of aromatic nitrogens is 3. The summed E-state index contributed by atoms with van der Waals surface area (Å²) in [6.45, 7) is 0.266. The van der Waals surface area contributed by atoms with E-state index >= 15 is 0 Å². The molecule has 128 valence electrons. The maximum atomic E-state index is 12.9. The van der Waals surface area contributed by atoms with E-state index in [0.29, 0.717) is 17.0 Å². The Hall–Kier alpha value is -1.77. The molecule has 1 aromatic carbocycles. The number of benzene rings is 1. The molecule has 8 heteroatoms. The van der Waals surface area contributed by atoms with Gasteiger partial charge in [0.1, 0.15) is 11.3 Å². The van der Waals surface area contributed by atoms with Gasteiger partial charge in [-0.1, -0.05) is 6.07 Å². The van der Waals surface area contributed by atoms with E-state index in [-0.39, 0.29) is 13.1 Å². The third-order valence-electron chi connectivity index (χ3n) is 5.06. The molecule has 1 fully saturated rings. The Kier molecular flexibility index (Phi) is 3.70. The highest BCUT2D eigenvalue weighted by molar-refractivity contribution is 7.89. The number of sulfonamides is 1. The van der Waals surface area contributed by atoms with Crippen LogP contribution in [0.1, 0.15) is 36.1 Å². The summed E-state index contributed by atoms with van der Waals surface area (Å²) in [7, 11) is -3.62. The van der Waals surface area contributed by atoms with Crippen molar-refractivity contribution in [3.05, 3.63) is 41.2 Å². The van der Waals surface area contributed by atoms with Crippen molar-refractivity contribution in [3.8, 4) is 0 Å². The van der Waals surface area contributed by atoms with E-state index in [1.165, 1.54) is 16.1 Å². The summed E-state index contributed by atoms with van der Waals surface area (Å²) in [4.78, 5) is 0.313. The lowest BCUT2D eigenvalue weighted by atomic mass is 9.92. The minimum absolute atomic E-state index is 0.00104. The molecule has 1 saturated heterocycles. The fraction of sp³-hybridized carbons (Fsp3) is 0.500. The van der Waals surface area contributed by atoms with Gasteiger partial charge in [0.05, 0.1) is 11.1 Å². The molecule has 0 saturated carbocycles. The van der Waals surface area contributed by atoms with E-state index in [4.69, 9.17) is 0 Å². The summed E-state index contributed by atoms with van der Waals surface area (Å²) < 4.78 is 27.2. The number of hydrogen-bond acceptors (Lipinski definition) is 5. The molecule has 0 bridgehead atoms. The Morgan fingerprint density at radius 2 is 2.00 bits per heavy atom. The van der Waals surface area contributed by atoms with E-state index in [2.05, 4.69) is 15.4 Å². The van der Waals surface area contributed by atoms with E-state index < -0.39 is 15.6 Å². The largest absolute Gasteiger partial charge is 0.382 e. The lowest BCUT2D eigenvalue weighted by molar-refractivity contribution is 0.0485. The van der Waals surface area contributed by atoms with Crippen molar-refractivity contribution in [1.29, 1.82) is 0 Å². The van der Waals surface area contributed by atoms with E-state index in [1.807, 2.05) is 6.07 Å². The SMILES string of the molecule is O=S(=O)(c1ccc2c(c1)CCCC2)N1CC[C@](O)(c2cn[nH]n2)C1. The number of nitrogens with one attached hydrogen (secondary N) is 1. The van der Waals surface area contributed by atoms with Crippen LogP contribution in [-0.4, -0.2) is 46.3 Å². The van der Waals surface area contributed by atoms with Crippen molar-refractivity contribution in [2.24, 2.45) is 0 Å². The molecule has 4 rings (SSSR count). The minimum atomic E-state index is -3.62. The van der Waals surface area contributed by atoms with Crippen molar-refractivity contribution >= 4 is 10.0 Å². The molecule has 0 unspecified atom stereocenters. The van der Waals surface area contributed by atoms with Gasteiger partial charge in [0.2, 0.25) is 10.0 Å². The first-order valence-corrected chi connectivity index (χ1v) is 9.64. The molecule has 1 atom stereocenters. The maximum absolute atomic E-state index is 12.9. The lowest BCUT2D eigenvalue weighted by Crippen LogP contribution is -2.34. The zero-order valence-electron chi connectivity index (χ0n) is 13.3. The second kappa shape index (κ2) is 5.65. The van der Waals surface area contributed by atoms with Crippen LogP contribution in [0.3, 0.4) is 0 Å². The number of aromatic amines is 1. The van der Waals surface area contributed by atoms with Crippen molar-refractivity contribution < 1.29 is 13.5 Å². The molecule has 0 spiro atoms. The molecule has 1 aliphatic carbocycles. The molecule has 1 aliphatic heterocycles. The van der Waals surface area contributed by atoms with Gasteiger partial charge in [0, 0.05) is 13.1 Å². The molecular weight excluding hydrogens is 328 g/mol. The summed E-state index contributed by atoms with van der Waals surface area (Å²) in [5, 5.41) is 20.8. The number of aryl methyl sites for hydroxylation is 2. The smallest absolute Gasteiger partial charge is 0.243 e. The molecular formula is C16H20N4O3S. The topological polar surface area (TPSA) is 99.2 Å². The number of nitrogens with zero attached hydrogens (tertiary/aromatic N) is 3.